The van der Waals surface area contributed by atoms with Crippen LogP contribution in [0.2, 0.25) is 0 Å². The largest absolute Gasteiger partial charge is 0.351 e. The number of nitrogens with one attached hydrogen (secondary N) is 2. The molecule has 31 heavy (non-hydrogen) atoms. The molecular formula is C25H33F2N3O. The fraction of sp³-hybridized carbons (Fsp3) is 0.480. The Bertz CT molecular complexity index is 882. The summed E-state index contributed by atoms with van der Waals surface area (Å²) in [6, 6.07) is 9.52. The van der Waals surface area contributed by atoms with Gasteiger partial charge in [-0.1, -0.05) is 32.0 Å². The normalized spacial score (nSPS) is 17.6. The van der Waals surface area contributed by atoms with Crippen LogP contribution in [-0.2, 0) is 24.1 Å². The molecule has 0 saturated heterocycles. The third-order valence-electron chi connectivity index (χ3n) is 6.10. The molecule has 0 saturated carbocycles. The number of benzene rings is 2. The minimum atomic E-state index is -0.632. The predicted molar refractivity (Wildman–Crippen MR) is 120 cm³/mol. The van der Waals surface area contributed by atoms with Gasteiger partial charge in [0, 0.05) is 37.2 Å². The fourth-order valence-electron chi connectivity index (χ4n) is 4.30. The average Bonchev–Trinajstić information content (AvgIpc) is 2.75. The number of rotatable bonds is 9. The number of fused-ring (bicyclic) bond motifs is 1. The minimum absolute atomic E-state index is 0.132. The van der Waals surface area contributed by atoms with E-state index in [2.05, 4.69) is 35.8 Å². The van der Waals surface area contributed by atoms with Crippen molar-refractivity contribution in [1.29, 1.82) is 0 Å². The van der Waals surface area contributed by atoms with Crippen molar-refractivity contribution in [3.63, 3.8) is 0 Å². The van der Waals surface area contributed by atoms with Crippen molar-refractivity contribution in [2.75, 3.05) is 6.54 Å². The summed E-state index contributed by atoms with van der Waals surface area (Å²) in [5.74, 6) is -1.39. The average molecular weight is 430 g/mol. The molecule has 0 aliphatic heterocycles. The van der Waals surface area contributed by atoms with Gasteiger partial charge in [-0.2, -0.15) is 0 Å². The molecule has 3 atom stereocenters. The van der Waals surface area contributed by atoms with Crippen molar-refractivity contribution in [2.24, 2.45) is 5.73 Å². The summed E-state index contributed by atoms with van der Waals surface area (Å²) in [5.41, 5.74) is 11.0. The highest BCUT2D eigenvalue weighted by Gasteiger charge is 2.24. The first-order valence-electron chi connectivity index (χ1n) is 11.2. The molecule has 0 fully saturated rings. The van der Waals surface area contributed by atoms with Crippen molar-refractivity contribution >= 4 is 5.91 Å². The number of hydrogen-bond donors (Lipinski definition) is 3. The lowest BCUT2D eigenvalue weighted by atomic mass is 9.86. The van der Waals surface area contributed by atoms with Crippen LogP contribution in [0.1, 0.15) is 61.4 Å². The van der Waals surface area contributed by atoms with Gasteiger partial charge in [-0.15, -0.1) is 0 Å². The molecule has 1 unspecified atom stereocenters. The standard InChI is InChI=1S/C25H33F2N3O/c1-3-16-8-9-18-6-5-7-23(21(18)12-16)29-15-22(28)24(30-25(31)4-2)13-17-10-19(26)14-20(27)11-17/h8-12,14,22-24,29H,3-7,13,15,28H2,1-2H3,(H,30,31)/t22-,23-,24?/m1/s1. The summed E-state index contributed by atoms with van der Waals surface area (Å²) in [4.78, 5) is 12.1. The molecule has 1 aliphatic carbocycles. The number of halogens is 2. The predicted octanol–water partition coefficient (Wildman–Crippen LogP) is 3.96. The van der Waals surface area contributed by atoms with Crippen molar-refractivity contribution < 1.29 is 13.6 Å². The lowest BCUT2D eigenvalue weighted by Crippen LogP contribution is -2.53. The van der Waals surface area contributed by atoms with Crippen LogP contribution in [0.25, 0.3) is 0 Å². The van der Waals surface area contributed by atoms with Gasteiger partial charge in [0.2, 0.25) is 5.91 Å². The number of carbonyl (C=O) groups excluding carboxylic acids is 1. The maximum Gasteiger partial charge on any atom is 0.219 e. The third kappa shape index (κ3) is 6.34. The van der Waals surface area contributed by atoms with Gasteiger partial charge in [0.05, 0.1) is 0 Å². The minimum Gasteiger partial charge on any atom is -0.351 e. The highest BCUT2D eigenvalue weighted by Crippen LogP contribution is 2.30. The number of aryl methyl sites for hydroxylation is 2. The summed E-state index contributed by atoms with van der Waals surface area (Å²) in [5, 5.41) is 6.51. The maximum absolute atomic E-state index is 13.6. The van der Waals surface area contributed by atoms with Crippen LogP contribution >= 0.6 is 0 Å². The van der Waals surface area contributed by atoms with Gasteiger partial charge in [0.25, 0.3) is 0 Å². The van der Waals surface area contributed by atoms with E-state index in [1.165, 1.54) is 28.8 Å². The second kappa shape index (κ2) is 10.8. The fourth-order valence-corrected chi connectivity index (χ4v) is 4.30. The molecule has 4 N–H and O–H groups in total. The second-order valence-electron chi connectivity index (χ2n) is 8.41. The van der Waals surface area contributed by atoms with Crippen molar-refractivity contribution in [2.45, 2.75) is 70.5 Å². The zero-order chi connectivity index (χ0) is 22.4. The Morgan fingerprint density at radius 1 is 1.13 bits per heavy atom. The molecule has 2 aromatic carbocycles. The maximum atomic E-state index is 13.6. The molecule has 0 bridgehead atoms. The number of nitrogens with two attached hydrogens (primary N) is 1. The summed E-state index contributed by atoms with van der Waals surface area (Å²) in [6.07, 6.45) is 4.82. The van der Waals surface area contributed by atoms with E-state index in [1.807, 2.05) is 0 Å². The first-order chi connectivity index (χ1) is 14.9. The smallest absolute Gasteiger partial charge is 0.219 e. The molecular weight excluding hydrogens is 396 g/mol. The molecule has 2 aromatic rings. The van der Waals surface area contributed by atoms with Gasteiger partial charge in [-0.3, -0.25) is 4.79 Å². The third-order valence-corrected chi connectivity index (χ3v) is 6.10. The van der Waals surface area contributed by atoms with Gasteiger partial charge >= 0.3 is 0 Å². The number of carbonyl (C=O) groups is 1. The van der Waals surface area contributed by atoms with Crippen LogP contribution in [-0.4, -0.2) is 24.5 Å². The summed E-state index contributed by atoms with van der Waals surface area (Å²) >= 11 is 0. The SMILES string of the molecule is CCC(=O)NC(Cc1cc(F)cc(F)c1)[C@H](N)CN[C@@H]1CCCc2ccc(CC)cc21. The number of hydrogen-bond acceptors (Lipinski definition) is 3. The van der Waals surface area contributed by atoms with Crippen LogP contribution in [0.5, 0.6) is 0 Å². The highest BCUT2D eigenvalue weighted by molar-refractivity contribution is 5.76. The van der Waals surface area contributed by atoms with Crippen LogP contribution in [0.3, 0.4) is 0 Å². The van der Waals surface area contributed by atoms with Gasteiger partial charge in [0.15, 0.2) is 0 Å². The molecule has 0 radical (unpaired) electrons. The van der Waals surface area contributed by atoms with Gasteiger partial charge in [0.1, 0.15) is 11.6 Å². The number of amides is 1. The molecule has 0 aromatic heterocycles. The topological polar surface area (TPSA) is 67.2 Å². The van der Waals surface area contributed by atoms with Gasteiger partial charge < -0.3 is 16.4 Å². The molecule has 6 heteroatoms. The van der Waals surface area contributed by atoms with E-state index in [-0.39, 0.29) is 18.4 Å². The van der Waals surface area contributed by atoms with Gasteiger partial charge in [-0.25, -0.2) is 8.78 Å². The summed E-state index contributed by atoms with van der Waals surface area (Å²) in [7, 11) is 0. The summed E-state index contributed by atoms with van der Waals surface area (Å²) in [6.45, 7) is 4.41. The van der Waals surface area contributed by atoms with Crippen LogP contribution in [0, 0.1) is 11.6 Å². The van der Waals surface area contributed by atoms with E-state index in [1.54, 1.807) is 6.92 Å². The van der Waals surface area contributed by atoms with E-state index in [4.69, 9.17) is 5.73 Å². The van der Waals surface area contributed by atoms with E-state index in [0.717, 1.165) is 31.7 Å². The molecule has 1 amide bonds. The van der Waals surface area contributed by atoms with E-state index in [0.29, 0.717) is 18.5 Å². The van der Waals surface area contributed by atoms with Crippen LogP contribution < -0.4 is 16.4 Å². The van der Waals surface area contributed by atoms with Crippen molar-refractivity contribution in [3.8, 4) is 0 Å². The zero-order valence-corrected chi connectivity index (χ0v) is 18.4. The zero-order valence-electron chi connectivity index (χ0n) is 18.4. The molecule has 3 rings (SSSR count). The molecule has 4 nitrogen and oxygen atoms in total. The Morgan fingerprint density at radius 2 is 1.87 bits per heavy atom. The highest BCUT2D eigenvalue weighted by atomic mass is 19.1. The van der Waals surface area contributed by atoms with Crippen LogP contribution in [0.4, 0.5) is 8.78 Å². The summed E-state index contributed by atoms with van der Waals surface area (Å²) < 4.78 is 27.3. The van der Waals surface area contributed by atoms with E-state index < -0.39 is 23.7 Å². The Morgan fingerprint density at radius 3 is 2.55 bits per heavy atom. The van der Waals surface area contributed by atoms with Gasteiger partial charge in [-0.05, 0) is 66.5 Å². The van der Waals surface area contributed by atoms with Crippen molar-refractivity contribution in [3.05, 3.63) is 70.3 Å². The van der Waals surface area contributed by atoms with Crippen molar-refractivity contribution in [1.82, 2.24) is 10.6 Å². The van der Waals surface area contributed by atoms with E-state index >= 15 is 0 Å². The molecule has 168 valence electrons. The Kier molecular flexibility index (Phi) is 8.15. The molecule has 1 aliphatic rings. The first-order valence-corrected chi connectivity index (χ1v) is 11.2. The van der Waals surface area contributed by atoms with E-state index in [9.17, 15) is 13.6 Å². The lowest BCUT2D eigenvalue weighted by molar-refractivity contribution is -0.121. The Balaban J connectivity index is 1.70. The molecule has 0 spiro atoms. The first kappa shape index (κ1) is 23.4. The second-order valence-corrected chi connectivity index (χ2v) is 8.41. The monoisotopic (exact) mass is 429 g/mol. The quantitative estimate of drug-likeness (QED) is 0.565. The molecule has 0 heterocycles. The Hall–Kier alpha value is -2.31. The lowest BCUT2D eigenvalue weighted by Gasteiger charge is -2.31. The van der Waals surface area contributed by atoms with Crippen LogP contribution in [0.15, 0.2) is 36.4 Å². The Labute approximate surface area is 183 Å².